The quantitative estimate of drug-likeness (QED) is 0.761. The topological polar surface area (TPSA) is 52.3 Å². The molecule has 1 heterocycles. The number of rotatable bonds is 6. The molecule has 0 aromatic carbocycles. The van der Waals surface area contributed by atoms with E-state index >= 15 is 0 Å². The summed E-state index contributed by atoms with van der Waals surface area (Å²) in [6, 6.07) is 0.0307. The maximum absolute atomic E-state index is 12.5. The summed E-state index contributed by atoms with van der Waals surface area (Å²) in [5.74, 6) is 1.90. The van der Waals surface area contributed by atoms with Crippen molar-refractivity contribution in [1.29, 1.82) is 0 Å². The highest BCUT2D eigenvalue weighted by atomic mass is 16.5. The van der Waals surface area contributed by atoms with E-state index in [1.807, 2.05) is 13.0 Å². The Kier molecular flexibility index (Phi) is 5.40. The second-order valence-electron chi connectivity index (χ2n) is 6.52. The molecule has 3 atom stereocenters. The minimum absolute atomic E-state index is 0.0307. The number of nitrogens with two attached hydrogens (primary N) is 1. The van der Waals surface area contributed by atoms with Gasteiger partial charge in [0.1, 0.15) is 5.76 Å². The van der Waals surface area contributed by atoms with Crippen LogP contribution in [-0.2, 0) is 9.53 Å². The molecule has 2 rings (SSSR count). The molecule has 0 fully saturated rings. The van der Waals surface area contributed by atoms with Crippen molar-refractivity contribution in [3.05, 3.63) is 35.6 Å². The van der Waals surface area contributed by atoms with Crippen molar-refractivity contribution in [3.8, 4) is 0 Å². The standard InChI is InChI=1S/C18H27NO2/c1-12(2)14(9-8-13(3)19)10-16(20)18-11-15-6-4-5-7-17(15)21-18/h4,6,8-9,12-14,18H,5,7,10-11,19H2,1-3H3/b9-8-. The molecule has 116 valence electrons. The fourth-order valence-electron chi connectivity index (χ4n) is 2.81. The Morgan fingerprint density at radius 3 is 2.81 bits per heavy atom. The summed E-state index contributed by atoms with van der Waals surface area (Å²) in [5.41, 5.74) is 6.98. The molecule has 3 nitrogen and oxygen atoms in total. The van der Waals surface area contributed by atoms with Crippen LogP contribution < -0.4 is 5.73 Å². The molecule has 3 heteroatoms. The molecule has 2 N–H and O–H groups in total. The average Bonchev–Trinajstić information content (AvgIpc) is 2.86. The predicted octanol–water partition coefficient (Wildman–Crippen LogP) is 3.51. The second kappa shape index (κ2) is 7.08. The molecule has 1 aliphatic carbocycles. The highest BCUT2D eigenvalue weighted by molar-refractivity contribution is 5.84. The highest BCUT2D eigenvalue weighted by Crippen LogP contribution is 2.33. The third-order valence-electron chi connectivity index (χ3n) is 4.22. The fraction of sp³-hybridized carbons (Fsp3) is 0.611. The van der Waals surface area contributed by atoms with Crippen LogP contribution >= 0.6 is 0 Å². The molecule has 0 bridgehead atoms. The van der Waals surface area contributed by atoms with Gasteiger partial charge in [-0.05, 0) is 30.8 Å². The van der Waals surface area contributed by atoms with Gasteiger partial charge in [-0.15, -0.1) is 0 Å². The first-order valence-electron chi connectivity index (χ1n) is 7.99. The van der Waals surface area contributed by atoms with E-state index in [4.69, 9.17) is 10.5 Å². The predicted molar refractivity (Wildman–Crippen MR) is 85.6 cm³/mol. The van der Waals surface area contributed by atoms with E-state index < -0.39 is 0 Å². The molecule has 3 unspecified atom stereocenters. The van der Waals surface area contributed by atoms with Gasteiger partial charge in [0, 0.05) is 25.3 Å². The zero-order valence-electron chi connectivity index (χ0n) is 13.3. The van der Waals surface area contributed by atoms with Crippen LogP contribution in [0.1, 0.15) is 46.5 Å². The van der Waals surface area contributed by atoms with Crippen LogP contribution in [0.25, 0.3) is 0 Å². The van der Waals surface area contributed by atoms with Crippen molar-refractivity contribution in [2.75, 3.05) is 0 Å². The summed E-state index contributed by atoms with van der Waals surface area (Å²) in [4.78, 5) is 12.5. The Hall–Kier alpha value is -1.35. The number of ether oxygens (including phenoxy) is 1. The molecule has 0 radical (unpaired) electrons. The minimum Gasteiger partial charge on any atom is -0.486 e. The van der Waals surface area contributed by atoms with E-state index in [1.165, 1.54) is 5.57 Å². The number of hydrogen-bond acceptors (Lipinski definition) is 3. The number of hydrogen-bond donors (Lipinski definition) is 1. The van der Waals surface area contributed by atoms with Gasteiger partial charge in [-0.25, -0.2) is 0 Å². The lowest BCUT2D eigenvalue weighted by Gasteiger charge is -2.19. The van der Waals surface area contributed by atoms with Crippen LogP contribution in [0.3, 0.4) is 0 Å². The summed E-state index contributed by atoms with van der Waals surface area (Å²) in [5, 5.41) is 0. The number of allylic oxidation sites excluding steroid dienone is 4. The molecule has 2 aliphatic rings. The van der Waals surface area contributed by atoms with Crippen LogP contribution in [0, 0.1) is 11.8 Å². The zero-order valence-corrected chi connectivity index (χ0v) is 13.3. The van der Waals surface area contributed by atoms with Gasteiger partial charge < -0.3 is 10.5 Å². The van der Waals surface area contributed by atoms with Crippen LogP contribution in [-0.4, -0.2) is 17.9 Å². The fourth-order valence-corrected chi connectivity index (χ4v) is 2.81. The van der Waals surface area contributed by atoms with E-state index in [9.17, 15) is 4.79 Å². The van der Waals surface area contributed by atoms with Gasteiger partial charge in [0.25, 0.3) is 0 Å². The third kappa shape index (κ3) is 4.31. The molecule has 0 saturated heterocycles. The van der Waals surface area contributed by atoms with E-state index in [2.05, 4.69) is 32.1 Å². The maximum Gasteiger partial charge on any atom is 0.174 e. The summed E-state index contributed by atoms with van der Waals surface area (Å²) in [7, 11) is 0. The Labute approximate surface area is 127 Å². The normalized spacial score (nSPS) is 24.3. The molecule has 0 saturated carbocycles. The summed E-state index contributed by atoms with van der Waals surface area (Å²) < 4.78 is 5.86. The van der Waals surface area contributed by atoms with Crippen molar-refractivity contribution in [2.45, 2.75) is 58.6 Å². The van der Waals surface area contributed by atoms with E-state index in [0.717, 1.165) is 25.0 Å². The van der Waals surface area contributed by atoms with E-state index in [1.54, 1.807) is 0 Å². The van der Waals surface area contributed by atoms with Gasteiger partial charge in [-0.3, -0.25) is 4.79 Å². The Bertz CT molecular complexity index is 472. The van der Waals surface area contributed by atoms with Crippen LogP contribution in [0.2, 0.25) is 0 Å². The highest BCUT2D eigenvalue weighted by Gasteiger charge is 2.31. The molecular formula is C18H27NO2. The second-order valence-corrected chi connectivity index (χ2v) is 6.52. The largest absolute Gasteiger partial charge is 0.486 e. The van der Waals surface area contributed by atoms with Crippen molar-refractivity contribution in [1.82, 2.24) is 0 Å². The van der Waals surface area contributed by atoms with Gasteiger partial charge >= 0.3 is 0 Å². The van der Waals surface area contributed by atoms with Crippen LogP contribution in [0.15, 0.2) is 35.6 Å². The number of ketones is 1. The van der Waals surface area contributed by atoms with Gasteiger partial charge in [-0.1, -0.05) is 38.2 Å². The first-order chi connectivity index (χ1) is 9.97. The Morgan fingerprint density at radius 2 is 2.19 bits per heavy atom. The van der Waals surface area contributed by atoms with Gasteiger partial charge in [0.2, 0.25) is 0 Å². The number of Topliss-reactive ketones (excluding diaryl/α,β-unsaturated/α-hetero) is 1. The van der Waals surface area contributed by atoms with Crippen molar-refractivity contribution < 1.29 is 9.53 Å². The number of carbonyl (C=O) groups excluding carboxylic acids is 1. The lowest BCUT2D eigenvalue weighted by Crippen LogP contribution is -2.24. The zero-order chi connectivity index (χ0) is 15.4. The van der Waals surface area contributed by atoms with E-state index in [0.29, 0.717) is 12.3 Å². The third-order valence-corrected chi connectivity index (χ3v) is 4.22. The molecule has 0 spiro atoms. The van der Waals surface area contributed by atoms with Crippen LogP contribution in [0.5, 0.6) is 0 Å². The molecular weight excluding hydrogens is 262 g/mol. The summed E-state index contributed by atoms with van der Waals surface area (Å²) in [6.45, 7) is 6.23. The SMILES string of the molecule is CC(N)/C=C\C(CC(=O)C1CC2=C(CCC=C2)O1)C(C)C. The Balaban J connectivity index is 1.93. The summed E-state index contributed by atoms with van der Waals surface area (Å²) in [6.07, 6.45) is 11.3. The molecule has 21 heavy (non-hydrogen) atoms. The molecule has 1 aliphatic heterocycles. The van der Waals surface area contributed by atoms with Crippen molar-refractivity contribution in [2.24, 2.45) is 17.6 Å². The maximum atomic E-state index is 12.5. The monoisotopic (exact) mass is 289 g/mol. The lowest BCUT2D eigenvalue weighted by molar-refractivity contribution is -0.128. The van der Waals surface area contributed by atoms with Gasteiger partial charge in [-0.2, -0.15) is 0 Å². The first kappa shape index (κ1) is 16.0. The van der Waals surface area contributed by atoms with Crippen molar-refractivity contribution >= 4 is 5.78 Å². The van der Waals surface area contributed by atoms with E-state index in [-0.39, 0.29) is 23.8 Å². The molecule has 0 aromatic rings. The van der Waals surface area contributed by atoms with Gasteiger partial charge in [0.05, 0.1) is 0 Å². The molecule has 0 aromatic heterocycles. The Morgan fingerprint density at radius 1 is 1.43 bits per heavy atom. The molecule has 0 amide bonds. The van der Waals surface area contributed by atoms with Gasteiger partial charge in [0.15, 0.2) is 11.9 Å². The summed E-state index contributed by atoms with van der Waals surface area (Å²) >= 11 is 0. The van der Waals surface area contributed by atoms with Crippen molar-refractivity contribution in [3.63, 3.8) is 0 Å². The minimum atomic E-state index is -0.275. The number of carbonyl (C=O) groups is 1. The smallest absolute Gasteiger partial charge is 0.174 e. The van der Waals surface area contributed by atoms with Crippen LogP contribution in [0.4, 0.5) is 0 Å². The first-order valence-corrected chi connectivity index (χ1v) is 7.99. The average molecular weight is 289 g/mol. The lowest BCUT2D eigenvalue weighted by atomic mass is 9.88.